The average Bonchev–Trinajstić information content (AvgIpc) is 2.22. The van der Waals surface area contributed by atoms with Gasteiger partial charge in [0, 0.05) is 0 Å². The van der Waals surface area contributed by atoms with Gasteiger partial charge in [0.05, 0.1) is 12.9 Å². The average molecular weight is 218 g/mol. The van der Waals surface area contributed by atoms with Crippen LogP contribution >= 0.6 is 11.8 Å². The quantitative estimate of drug-likeness (QED) is 0.586. The molecule has 0 fully saturated rings. The summed E-state index contributed by atoms with van der Waals surface area (Å²) in [6.07, 6.45) is 5.07. The van der Waals surface area contributed by atoms with Gasteiger partial charge in [-0.2, -0.15) is 0 Å². The van der Waals surface area contributed by atoms with Gasteiger partial charge in [-0.3, -0.25) is 4.79 Å². The van der Waals surface area contributed by atoms with Crippen molar-refractivity contribution in [2.75, 3.05) is 18.6 Å². The molecular formula is C11H22O2S. The van der Waals surface area contributed by atoms with E-state index in [1.165, 1.54) is 32.8 Å². The molecule has 0 saturated heterocycles. The fourth-order valence-electron chi connectivity index (χ4n) is 1.27. The van der Waals surface area contributed by atoms with Crippen molar-refractivity contribution in [2.24, 2.45) is 5.92 Å². The molecule has 0 aromatic heterocycles. The standard InChI is InChI=1S/C11H22O2S/c1-4-6-7-10(5-2)8-14-9-11(12)13-3/h10H,4-9H2,1-3H3. The molecule has 0 amide bonds. The number of carbonyl (C=O) groups is 1. The van der Waals surface area contributed by atoms with Gasteiger partial charge >= 0.3 is 5.97 Å². The van der Waals surface area contributed by atoms with Gasteiger partial charge in [0.1, 0.15) is 0 Å². The van der Waals surface area contributed by atoms with E-state index in [0.29, 0.717) is 5.75 Å². The molecule has 0 radical (unpaired) electrons. The highest BCUT2D eigenvalue weighted by Crippen LogP contribution is 2.18. The Morgan fingerprint density at radius 2 is 2.14 bits per heavy atom. The summed E-state index contributed by atoms with van der Waals surface area (Å²) in [5, 5.41) is 0. The van der Waals surface area contributed by atoms with Gasteiger partial charge in [-0.15, -0.1) is 11.8 Å². The second-order valence-corrected chi connectivity index (χ2v) is 4.54. The Hall–Kier alpha value is -0.180. The molecule has 14 heavy (non-hydrogen) atoms. The maximum absolute atomic E-state index is 10.9. The lowest BCUT2D eigenvalue weighted by Crippen LogP contribution is -2.08. The molecule has 0 N–H and O–H groups in total. The van der Waals surface area contributed by atoms with Crippen LogP contribution in [0.5, 0.6) is 0 Å². The third kappa shape index (κ3) is 7.25. The molecule has 0 aliphatic heterocycles. The zero-order chi connectivity index (χ0) is 10.8. The van der Waals surface area contributed by atoms with Gasteiger partial charge < -0.3 is 4.74 Å². The third-order valence-corrected chi connectivity index (χ3v) is 3.49. The van der Waals surface area contributed by atoms with E-state index in [1.54, 1.807) is 11.8 Å². The van der Waals surface area contributed by atoms with Crippen LogP contribution in [-0.4, -0.2) is 24.6 Å². The Balaban J connectivity index is 3.46. The van der Waals surface area contributed by atoms with Crippen LogP contribution in [0.3, 0.4) is 0 Å². The number of thioether (sulfide) groups is 1. The van der Waals surface area contributed by atoms with Crippen LogP contribution < -0.4 is 0 Å². The predicted octanol–water partition coefficient (Wildman–Crippen LogP) is 3.11. The van der Waals surface area contributed by atoms with Crippen molar-refractivity contribution >= 4 is 17.7 Å². The second-order valence-electron chi connectivity index (χ2n) is 3.51. The molecule has 0 heterocycles. The van der Waals surface area contributed by atoms with E-state index in [0.717, 1.165) is 11.7 Å². The van der Waals surface area contributed by atoms with Crippen molar-refractivity contribution in [3.8, 4) is 0 Å². The van der Waals surface area contributed by atoms with E-state index in [-0.39, 0.29) is 5.97 Å². The molecule has 0 spiro atoms. The van der Waals surface area contributed by atoms with E-state index < -0.39 is 0 Å². The first-order valence-corrected chi connectivity index (χ1v) is 6.54. The summed E-state index contributed by atoms with van der Waals surface area (Å²) in [6.45, 7) is 4.44. The first-order chi connectivity index (χ1) is 6.74. The van der Waals surface area contributed by atoms with E-state index in [2.05, 4.69) is 18.6 Å². The summed E-state index contributed by atoms with van der Waals surface area (Å²) in [4.78, 5) is 10.9. The highest BCUT2D eigenvalue weighted by Gasteiger charge is 2.07. The zero-order valence-electron chi connectivity index (χ0n) is 9.54. The summed E-state index contributed by atoms with van der Waals surface area (Å²) in [7, 11) is 1.44. The van der Waals surface area contributed by atoms with Crippen LogP contribution in [0, 0.1) is 5.92 Å². The molecule has 0 aromatic carbocycles. The van der Waals surface area contributed by atoms with E-state index in [9.17, 15) is 4.79 Å². The van der Waals surface area contributed by atoms with Crippen molar-refractivity contribution in [1.82, 2.24) is 0 Å². The highest BCUT2D eigenvalue weighted by atomic mass is 32.2. The first kappa shape index (κ1) is 13.8. The van der Waals surface area contributed by atoms with Crippen LogP contribution in [0.2, 0.25) is 0 Å². The lowest BCUT2D eigenvalue weighted by molar-refractivity contribution is -0.137. The van der Waals surface area contributed by atoms with Crippen LogP contribution in [0.25, 0.3) is 0 Å². The monoisotopic (exact) mass is 218 g/mol. The Morgan fingerprint density at radius 1 is 1.43 bits per heavy atom. The van der Waals surface area contributed by atoms with Crippen molar-refractivity contribution in [3.05, 3.63) is 0 Å². The minimum absolute atomic E-state index is 0.111. The Bertz CT molecular complexity index is 148. The summed E-state index contributed by atoms with van der Waals surface area (Å²) >= 11 is 1.69. The molecule has 2 nitrogen and oxygen atoms in total. The molecular weight excluding hydrogens is 196 g/mol. The van der Waals surface area contributed by atoms with Gasteiger partial charge in [0.25, 0.3) is 0 Å². The molecule has 3 heteroatoms. The number of rotatable bonds is 8. The van der Waals surface area contributed by atoms with Crippen molar-refractivity contribution in [2.45, 2.75) is 39.5 Å². The Morgan fingerprint density at radius 3 is 2.64 bits per heavy atom. The lowest BCUT2D eigenvalue weighted by atomic mass is 10.0. The van der Waals surface area contributed by atoms with Gasteiger partial charge in [-0.1, -0.05) is 33.1 Å². The fourth-order valence-corrected chi connectivity index (χ4v) is 2.40. The number of ether oxygens (including phenoxy) is 1. The highest BCUT2D eigenvalue weighted by molar-refractivity contribution is 7.99. The van der Waals surface area contributed by atoms with Crippen LogP contribution in [0.15, 0.2) is 0 Å². The van der Waals surface area contributed by atoms with Crippen LogP contribution in [-0.2, 0) is 9.53 Å². The van der Waals surface area contributed by atoms with Crippen LogP contribution in [0.1, 0.15) is 39.5 Å². The molecule has 84 valence electrons. The molecule has 0 aromatic rings. The van der Waals surface area contributed by atoms with Gasteiger partial charge in [0.15, 0.2) is 0 Å². The van der Waals surface area contributed by atoms with Gasteiger partial charge in [-0.25, -0.2) is 0 Å². The number of carbonyl (C=O) groups excluding carboxylic acids is 1. The third-order valence-electron chi connectivity index (χ3n) is 2.34. The van der Waals surface area contributed by atoms with Crippen molar-refractivity contribution < 1.29 is 9.53 Å². The Kier molecular flexibility index (Phi) is 9.26. The molecule has 0 bridgehead atoms. The molecule has 0 saturated carbocycles. The molecule has 0 aliphatic rings. The summed E-state index contributed by atoms with van der Waals surface area (Å²) in [5.41, 5.74) is 0. The van der Waals surface area contributed by atoms with E-state index >= 15 is 0 Å². The maximum atomic E-state index is 10.9. The SMILES string of the molecule is CCCCC(CC)CSCC(=O)OC. The topological polar surface area (TPSA) is 26.3 Å². The largest absolute Gasteiger partial charge is 0.468 e. The molecule has 1 unspecified atom stereocenters. The fraction of sp³-hybridized carbons (Fsp3) is 0.909. The lowest BCUT2D eigenvalue weighted by Gasteiger charge is -2.12. The smallest absolute Gasteiger partial charge is 0.315 e. The normalized spacial score (nSPS) is 12.5. The van der Waals surface area contributed by atoms with Crippen molar-refractivity contribution in [1.29, 1.82) is 0 Å². The molecule has 0 aliphatic carbocycles. The zero-order valence-corrected chi connectivity index (χ0v) is 10.4. The Labute approximate surface area is 91.8 Å². The number of unbranched alkanes of at least 4 members (excludes halogenated alkanes) is 1. The predicted molar refractivity (Wildman–Crippen MR) is 62.6 cm³/mol. The number of esters is 1. The summed E-state index contributed by atoms with van der Waals surface area (Å²) < 4.78 is 4.59. The maximum Gasteiger partial charge on any atom is 0.315 e. The number of hydrogen-bond donors (Lipinski definition) is 0. The summed E-state index contributed by atoms with van der Waals surface area (Å²) in [6, 6.07) is 0. The number of methoxy groups -OCH3 is 1. The second kappa shape index (κ2) is 9.38. The van der Waals surface area contributed by atoms with E-state index in [1.807, 2.05) is 0 Å². The van der Waals surface area contributed by atoms with E-state index in [4.69, 9.17) is 0 Å². The van der Waals surface area contributed by atoms with Crippen LogP contribution in [0.4, 0.5) is 0 Å². The minimum atomic E-state index is -0.111. The molecule has 1 atom stereocenters. The first-order valence-electron chi connectivity index (χ1n) is 5.39. The summed E-state index contributed by atoms with van der Waals surface area (Å²) in [5.74, 6) is 2.25. The minimum Gasteiger partial charge on any atom is -0.468 e. The number of hydrogen-bond acceptors (Lipinski definition) is 3. The van der Waals surface area contributed by atoms with Gasteiger partial charge in [-0.05, 0) is 18.1 Å². The van der Waals surface area contributed by atoms with Gasteiger partial charge in [0.2, 0.25) is 0 Å². The van der Waals surface area contributed by atoms with Crippen molar-refractivity contribution in [3.63, 3.8) is 0 Å². The molecule has 0 rings (SSSR count).